The average Bonchev–Trinajstić information content (AvgIpc) is 2.22. The summed E-state index contributed by atoms with van der Waals surface area (Å²) in [5.41, 5.74) is 0. The Morgan fingerprint density at radius 2 is 0.857 bits per heavy atom. The first-order valence-corrected chi connectivity index (χ1v) is 16.1. The highest BCUT2D eigenvalue weighted by Crippen LogP contribution is 2.29. The molecule has 0 rings (SSSR count). The predicted octanol–water partition coefficient (Wildman–Crippen LogP) is 3.24. The largest absolute Gasteiger partial charge is 0.388 e. The molecule has 0 aliphatic carbocycles. The van der Waals surface area contributed by atoms with Crippen LogP contribution in [0.1, 0.15) is 19.3 Å². The summed E-state index contributed by atoms with van der Waals surface area (Å²) in [6.45, 7) is 0. The maximum atomic E-state index is 12.2. The third kappa shape index (κ3) is 13.4. The normalized spacial score (nSPS) is 15.7. The van der Waals surface area contributed by atoms with Gasteiger partial charge in [-0.25, -0.2) is 0 Å². The third-order valence-electron chi connectivity index (χ3n) is 3.29. The Bertz CT molecular complexity index is 278. The highest BCUT2D eigenvalue weighted by molar-refractivity contribution is 7.41. The highest BCUT2D eigenvalue weighted by Gasteiger charge is 2.35. The molecule has 12 heteroatoms. The van der Waals surface area contributed by atoms with Crippen LogP contribution >= 0.6 is 0 Å². The van der Waals surface area contributed by atoms with Crippen LogP contribution < -0.4 is 0 Å². The second-order valence-electron chi connectivity index (χ2n) is 5.20. The van der Waals surface area contributed by atoms with Crippen molar-refractivity contribution >= 4 is 25.9 Å². The van der Waals surface area contributed by atoms with Gasteiger partial charge in [-0.3, -0.25) is 0 Å². The minimum Gasteiger partial charge on any atom is -0.171 e. The molecule has 1 unspecified atom stereocenters. The van der Waals surface area contributed by atoms with Gasteiger partial charge in [0.15, 0.2) is 0 Å². The molecule has 0 aromatic rings. The van der Waals surface area contributed by atoms with Gasteiger partial charge in [0.05, 0.1) is 0 Å². The maximum Gasteiger partial charge on any atom is 0.388 e. The Morgan fingerprint density at radius 1 is 0.571 bits per heavy atom. The lowest BCUT2D eigenvalue weighted by Crippen LogP contribution is -2.38. The molecule has 0 aromatic heterocycles. The molecule has 128 valence electrons. The number of hydrogen-bond acceptors (Lipinski definition) is 0. The molecule has 0 heterocycles. The summed E-state index contributed by atoms with van der Waals surface area (Å²) >= 11 is 0. The van der Waals surface area contributed by atoms with Gasteiger partial charge in [-0.2, -0.15) is 39.5 Å². The van der Waals surface area contributed by atoms with Gasteiger partial charge in [-0.15, -0.1) is 0 Å². The van der Waals surface area contributed by atoms with Crippen LogP contribution in [0.4, 0.5) is 39.5 Å². The molecule has 0 saturated carbocycles. The van der Waals surface area contributed by atoms with Crippen molar-refractivity contribution in [1.82, 2.24) is 0 Å². The second kappa shape index (κ2) is 8.04. The first-order chi connectivity index (χ1) is 9.20. The topological polar surface area (TPSA) is 0 Å². The zero-order chi connectivity index (χ0) is 16.9. The van der Waals surface area contributed by atoms with Gasteiger partial charge >= 0.3 is 18.5 Å². The Morgan fingerprint density at radius 3 is 1.14 bits per heavy atom. The van der Waals surface area contributed by atoms with E-state index < -0.39 is 53.9 Å². The van der Waals surface area contributed by atoms with Crippen molar-refractivity contribution in [3.63, 3.8) is 0 Å². The van der Waals surface area contributed by atoms with Crippen LogP contribution in [-0.4, -0.2) is 44.4 Å². The molecular formula is C9H17F9Si3. The summed E-state index contributed by atoms with van der Waals surface area (Å²) in [6.07, 6.45) is -16.7. The lowest BCUT2D eigenvalue weighted by molar-refractivity contribution is -0.132. The number of halogens is 9. The van der Waals surface area contributed by atoms with Crippen LogP contribution in [0.5, 0.6) is 0 Å². The molecule has 0 aliphatic heterocycles. The minimum atomic E-state index is -4.46. The second-order valence-corrected chi connectivity index (χ2v) is 25.1. The van der Waals surface area contributed by atoms with E-state index in [1.165, 1.54) is 0 Å². The van der Waals surface area contributed by atoms with Crippen molar-refractivity contribution in [1.29, 1.82) is 0 Å². The van der Waals surface area contributed by atoms with E-state index in [1.807, 2.05) is 0 Å². The molecule has 0 saturated heterocycles. The molecule has 0 bridgehead atoms. The third-order valence-corrected chi connectivity index (χ3v) is 26.2. The quantitative estimate of drug-likeness (QED) is 0.470. The van der Waals surface area contributed by atoms with Gasteiger partial charge in [-0.1, -0.05) is 18.1 Å². The van der Waals surface area contributed by atoms with Crippen LogP contribution in [0.2, 0.25) is 18.1 Å². The van der Waals surface area contributed by atoms with E-state index >= 15 is 0 Å². The Balaban J connectivity index is 4.54. The number of alkyl halides is 9. The SMILES string of the molecule is FC(F)(F)CC[SiH]([SiH3])[SiH](CCC(F)(F)F)CCC(F)(F)F. The molecule has 0 radical (unpaired) electrons. The van der Waals surface area contributed by atoms with E-state index in [0.29, 0.717) is 9.76 Å². The number of rotatable bonds is 7. The molecule has 0 nitrogen and oxygen atoms in total. The molecule has 0 amide bonds. The fraction of sp³-hybridized carbons (Fsp3) is 1.00. The molecule has 0 spiro atoms. The summed E-state index contributed by atoms with van der Waals surface area (Å²) in [5, 5.41) is 0. The van der Waals surface area contributed by atoms with Gasteiger partial charge in [0.25, 0.3) is 0 Å². The smallest absolute Gasteiger partial charge is 0.171 e. The van der Waals surface area contributed by atoms with Crippen molar-refractivity contribution in [2.24, 2.45) is 0 Å². The molecule has 21 heavy (non-hydrogen) atoms. The summed E-state index contributed by atoms with van der Waals surface area (Å²) in [4.78, 5) is 0. The fourth-order valence-electron chi connectivity index (χ4n) is 2.04. The van der Waals surface area contributed by atoms with Crippen molar-refractivity contribution in [2.45, 2.75) is 55.9 Å². The summed E-state index contributed by atoms with van der Waals surface area (Å²) in [7, 11) is -4.06. The van der Waals surface area contributed by atoms with Crippen LogP contribution in [0.15, 0.2) is 0 Å². The molecule has 0 fully saturated rings. The van der Waals surface area contributed by atoms with E-state index in [2.05, 4.69) is 0 Å². The van der Waals surface area contributed by atoms with E-state index in [1.54, 1.807) is 0 Å². The lowest BCUT2D eigenvalue weighted by Gasteiger charge is -2.23. The van der Waals surface area contributed by atoms with Gasteiger partial charge < -0.3 is 0 Å². The molecule has 0 N–H and O–H groups in total. The standard InChI is InChI=1S/C9H17F9Si3/c10-7(11,12)1-4-20(5-2-8(13,14)15)21(19)6-3-9(16,17)18/h20-21H,1-6H2,19H3. The zero-order valence-electron chi connectivity index (χ0n) is 11.3. The van der Waals surface area contributed by atoms with E-state index in [0.717, 1.165) is 0 Å². The van der Waals surface area contributed by atoms with Crippen molar-refractivity contribution in [2.75, 3.05) is 0 Å². The van der Waals surface area contributed by atoms with E-state index in [9.17, 15) is 39.5 Å². The fourth-order valence-corrected chi connectivity index (χ4v) is 19.3. The van der Waals surface area contributed by atoms with Gasteiger partial charge in [0, 0.05) is 35.4 Å². The average molecular weight is 380 g/mol. The molecule has 1 atom stereocenters. The number of hydrogen-bond donors (Lipinski definition) is 0. The van der Waals surface area contributed by atoms with Crippen molar-refractivity contribution in [3.8, 4) is 0 Å². The minimum absolute atomic E-state index is 0.206. The van der Waals surface area contributed by atoms with Crippen LogP contribution in [-0.2, 0) is 0 Å². The van der Waals surface area contributed by atoms with Gasteiger partial charge in [0.2, 0.25) is 0 Å². The van der Waals surface area contributed by atoms with Crippen molar-refractivity contribution < 1.29 is 39.5 Å². The monoisotopic (exact) mass is 380 g/mol. The lowest BCUT2D eigenvalue weighted by atomic mass is 10.5. The van der Waals surface area contributed by atoms with Gasteiger partial charge in [0.1, 0.15) is 0 Å². The predicted molar refractivity (Wildman–Crippen MR) is 70.7 cm³/mol. The Kier molecular flexibility index (Phi) is 8.04. The maximum absolute atomic E-state index is 12.2. The zero-order valence-corrected chi connectivity index (χ0v) is 15.6. The summed E-state index contributed by atoms with van der Waals surface area (Å²) in [5.74, 6) is 0. The molecule has 0 aromatic carbocycles. The van der Waals surface area contributed by atoms with Crippen LogP contribution in [0.3, 0.4) is 0 Å². The van der Waals surface area contributed by atoms with Crippen LogP contribution in [0.25, 0.3) is 0 Å². The first-order valence-electron chi connectivity index (χ1n) is 6.40. The first kappa shape index (κ1) is 21.0. The summed E-state index contributed by atoms with van der Waals surface area (Å²) < 4.78 is 109. The molecule has 0 aliphatic rings. The summed E-state index contributed by atoms with van der Waals surface area (Å²) in [6, 6.07) is -0.905. The van der Waals surface area contributed by atoms with E-state index in [4.69, 9.17) is 0 Å². The highest BCUT2D eigenvalue weighted by atomic mass is 29.6. The van der Waals surface area contributed by atoms with Crippen molar-refractivity contribution in [3.05, 3.63) is 0 Å². The van der Waals surface area contributed by atoms with E-state index in [-0.39, 0.29) is 18.1 Å². The van der Waals surface area contributed by atoms with Crippen LogP contribution in [0, 0.1) is 0 Å². The Hall–Kier alpha value is 0.0206. The van der Waals surface area contributed by atoms with Gasteiger partial charge in [-0.05, 0) is 9.76 Å². The Labute approximate surface area is 122 Å². The molecular weight excluding hydrogens is 363 g/mol.